The summed E-state index contributed by atoms with van der Waals surface area (Å²) in [5.41, 5.74) is 6.92. The van der Waals surface area contributed by atoms with Crippen LogP contribution in [0.3, 0.4) is 0 Å². The zero-order valence-electron chi connectivity index (χ0n) is 13.1. The fraction of sp³-hybridized carbons (Fsp3) is 0.250. The van der Waals surface area contributed by atoms with Crippen molar-refractivity contribution in [2.45, 2.75) is 6.54 Å². The molecule has 0 aliphatic rings. The molecule has 122 valence electrons. The molecule has 0 unspecified atom stereocenters. The number of nitrogens with zero attached hydrogens (tertiary/aromatic N) is 1. The zero-order valence-corrected chi connectivity index (χ0v) is 13.9. The summed E-state index contributed by atoms with van der Waals surface area (Å²) >= 11 is 1.35. The molecular weight excluding hydrogens is 312 g/mol. The predicted molar refractivity (Wildman–Crippen MR) is 93.5 cm³/mol. The first-order valence-electron chi connectivity index (χ1n) is 7.11. The van der Waals surface area contributed by atoms with Crippen molar-refractivity contribution in [3.8, 4) is 0 Å². The molecule has 2 rings (SSSR count). The Morgan fingerprint density at radius 2 is 1.91 bits per heavy atom. The SMILES string of the molecule is CN(C)CC(=O)NCc1ccc(C(=O)Nc2ccccc2N)s1. The van der Waals surface area contributed by atoms with Crippen LogP contribution < -0.4 is 16.4 Å². The molecule has 0 atom stereocenters. The van der Waals surface area contributed by atoms with E-state index in [0.717, 1.165) is 4.88 Å². The van der Waals surface area contributed by atoms with E-state index in [1.165, 1.54) is 11.3 Å². The lowest BCUT2D eigenvalue weighted by molar-refractivity contribution is -0.121. The van der Waals surface area contributed by atoms with Gasteiger partial charge in [-0.2, -0.15) is 0 Å². The summed E-state index contributed by atoms with van der Waals surface area (Å²) in [7, 11) is 3.67. The first-order chi connectivity index (χ1) is 11.0. The second kappa shape index (κ2) is 7.75. The van der Waals surface area contributed by atoms with Crippen LogP contribution in [-0.2, 0) is 11.3 Å². The number of carbonyl (C=O) groups is 2. The summed E-state index contributed by atoms with van der Waals surface area (Å²) < 4.78 is 0. The number of para-hydroxylation sites is 2. The van der Waals surface area contributed by atoms with Gasteiger partial charge < -0.3 is 21.3 Å². The summed E-state index contributed by atoms with van der Waals surface area (Å²) in [6.45, 7) is 0.754. The summed E-state index contributed by atoms with van der Waals surface area (Å²) in [5.74, 6) is -0.259. The van der Waals surface area contributed by atoms with Crippen molar-refractivity contribution in [3.05, 3.63) is 46.2 Å². The predicted octanol–water partition coefficient (Wildman–Crippen LogP) is 1.76. The van der Waals surface area contributed by atoms with E-state index in [1.54, 1.807) is 23.1 Å². The minimum absolute atomic E-state index is 0.0496. The van der Waals surface area contributed by atoms with E-state index in [9.17, 15) is 9.59 Å². The maximum absolute atomic E-state index is 12.2. The Labute approximate surface area is 139 Å². The van der Waals surface area contributed by atoms with Crippen molar-refractivity contribution in [2.24, 2.45) is 0 Å². The van der Waals surface area contributed by atoms with Crippen molar-refractivity contribution in [1.82, 2.24) is 10.2 Å². The van der Waals surface area contributed by atoms with E-state index in [1.807, 2.05) is 32.3 Å². The van der Waals surface area contributed by atoms with Crippen LogP contribution >= 0.6 is 11.3 Å². The van der Waals surface area contributed by atoms with Gasteiger partial charge in [0.05, 0.1) is 29.3 Å². The zero-order chi connectivity index (χ0) is 16.8. The molecule has 0 aliphatic heterocycles. The molecule has 0 bridgehead atoms. The van der Waals surface area contributed by atoms with Gasteiger partial charge in [0.1, 0.15) is 0 Å². The number of thiophene rings is 1. The fourth-order valence-corrected chi connectivity index (χ4v) is 2.76. The molecule has 1 heterocycles. The molecule has 1 aromatic heterocycles. The Morgan fingerprint density at radius 1 is 1.17 bits per heavy atom. The molecule has 23 heavy (non-hydrogen) atoms. The van der Waals surface area contributed by atoms with Gasteiger partial charge >= 0.3 is 0 Å². The number of nitrogen functional groups attached to an aromatic ring is 1. The van der Waals surface area contributed by atoms with Crippen LogP contribution in [0, 0.1) is 0 Å². The van der Waals surface area contributed by atoms with E-state index in [-0.39, 0.29) is 11.8 Å². The Morgan fingerprint density at radius 3 is 2.61 bits per heavy atom. The Balaban J connectivity index is 1.92. The second-order valence-electron chi connectivity index (χ2n) is 5.32. The van der Waals surface area contributed by atoms with Crippen LogP contribution in [0.15, 0.2) is 36.4 Å². The highest BCUT2D eigenvalue weighted by Gasteiger charge is 2.11. The van der Waals surface area contributed by atoms with Crippen LogP contribution in [0.4, 0.5) is 11.4 Å². The van der Waals surface area contributed by atoms with Crippen LogP contribution in [0.2, 0.25) is 0 Å². The Hall–Kier alpha value is -2.38. The number of benzene rings is 1. The minimum atomic E-state index is -0.209. The first kappa shape index (κ1) is 17.0. The summed E-state index contributed by atoms with van der Waals surface area (Å²) in [5, 5.41) is 5.60. The van der Waals surface area contributed by atoms with Crippen LogP contribution in [0.1, 0.15) is 14.5 Å². The van der Waals surface area contributed by atoms with Gasteiger partial charge in [-0.3, -0.25) is 9.59 Å². The van der Waals surface area contributed by atoms with Crippen molar-refractivity contribution in [2.75, 3.05) is 31.7 Å². The largest absolute Gasteiger partial charge is 0.397 e. The molecule has 0 fully saturated rings. The fourth-order valence-electron chi connectivity index (χ4n) is 1.92. The summed E-state index contributed by atoms with van der Waals surface area (Å²) in [4.78, 5) is 27.1. The summed E-state index contributed by atoms with van der Waals surface area (Å²) in [6.07, 6.45) is 0. The molecule has 6 nitrogen and oxygen atoms in total. The molecule has 4 N–H and O–H groups in total. The topological polar surface area (TPSA) is 87.5 Å². The summed E-state index contributed by atoms with van der Waals surface area (Å²) in [6, 6.07) is 10.7. The van der Waals surface area contributed by atoms with Crippen LogP contribution in [-0.4, -0.2) is 37.4 Å². The van der Waals surface area contributed by atoms with Crippen LogP contribution in [0.25, 0.3) is 0 Å². The number of rotatable bonds is 6. The third kappa shape index (κ3) is 5.08. The number of hydrogen-bond acceptors (Lipinski definition) is 5. The highest BCUT2D eigenvalue weighted by Crippen LogP contribution is 2.21. The number of likely N-dealkylation sites (N-methyl/N-ethyl adjacent to an activating group) is 1. The van der Waals surface area contributed by atoms with Crippen molar-refractivity contribution >= 4 is 34.5 Å². The van der Waals surface area contributed by atoms with E-state index < -0.39 is 0 Å². The van der Waals surface area contributed by atoms with Gasteiger partial charge in [0, 0.05) is 4.88 Å². The molecular formula is C16H20N4O2S. The van der Waals surface area contributed by atoms with Crippen molar-refractivity contribution in [3.63, 3.8) is 0 Å². The molecule has 2 amide bonds. The molecule has 2 aromatic rings. The average Bonchev–Trinajstić information content (AvgIpc) is 2.96. The highest BCUT2D eigenvalue weighted by molar-refractivity contribution is 7.14. The lowest BCUT2D eigenvalue weighted by atomic mass is 10.2. The van der Waals surface area contributed by atoms with Gasteiger partial charge in [-0.05, 0) is 38.4 Å². The van der Waals surface area contributed by atoms with Crippen molar-refractivity contribution in [1.29, 1.82) is 0 Å². The maximum Gasteiger partial charge on any atom is 0.265 e. The average molecular weight is 332 g/mol. The van der Waals surface area contributed by atoms with Crippen LogP contribution in [0.5, 0.6) is 0 Å². The lowest BCUT2D eigenvalue weighted by Gasteiger charge is -2.09. The van der Waals surface area contributed by atoms with Gasteiger partial charge in [-0.1, -0.05) is 12.1 Å². The molecule has 7 heteroatoms. The number of nitrogens with two attached hydrogens (primary N) is 1. The Bertz CT molecular complexity index is 697. The highest BCUT2D eigenvalue weighted by atomic mass is 32.1. The van der Waals surface area contributed by atoms with E-state index in [4.69, 9.17) is 5.73 Å². The van der Waals surface area contributed by atoms with Gasteiger partial charge in [0.15, 0.2) is 0 Å². The van der Waals surface area contributed by atoms with E-state index >= 15 is 0 Å². The first-order valence-corrected chi connectivity index (χ1v) is 7.93. The van der Waals surface area contributed by atoms with Crippen molar-refractivity contribution < 1.29 is 9.59 Å². The van der Waals surface area contributed by atoms with E-state index in [2.05, 4.69) is 10.6 Å². The number of amides is 2. The van der Waals surface area contributed by atoms with Gasteiger partial charge in [-0.15, -0.1) is 11.3 Å². The number of nitrogens with one attached hydrogen (secondary N) is 2. The number of carbonyl (C=O) groups excluding carboxylic acids is 2. The van der Waals surface area contributed by atoms with Gasteiger partial charge in [-0.25, -0.2) is 0 Å². The number of anilines is 2. The molecule has 1 aromatic carbocycles. The normalized spacial score (nSPS) is 10.6. The molecule has 0 aliphatic carbocycles. The lowest BCUT2D eigenvalue weighted by Crippen LogP contribution is -2.32. The molecule has 0 spiro atoms. The number of hydrogen-bond donors (Lipinski definition) is 3. The Kier molecular flexibility index (Phi) is 5.72. The quantitative estimate of drug-likeness (QED) is 0.704. The molecule has 0 radical (unpaired) electrons. The monoisotopic (exact) mass is 332 g/mol. The molecule has 0 saturated carbocycles. The van der Waals surface area contributed by atoms with Gasteiger partial charge in [0.2, 0.25) is 5.91 Å². The third-order valence-corrected chi connectivity index (χ3v) is 4.10. The van der Waals surface area contributed by atoms with E-state index in [0.29, 0.717) is 29.3 Å². The molecule has 0 saturated heterocycles. The van der Waals surface area contributed by atoms with Gasteiger partial charge in [0.25, 0.3) is 5.91 Å². The standard InChI is InChI=1S/C16H20N4O2S/c1-20(2)10-15(21)18-9-11-7-8-14(23-11)16(22)19-13-6-4-3-5-12(13)17/h3-8H,9-10,17H2,1-2H3,(H,18,21)(H,19,22). The minimum Gasteiger partial charge on any atom is -0.397 e. The maximum atomic E-state index is 12.2. The third-order valence-electron chi connectivity index (χ3n) is 3.01. The second-order valence-corrected chi connectivity index (χ2v) is 6.49. The smallest absolute Gasteiger partial charge is 0.265 e.